The van der Waals surface area contributed by atoms with Gasteiger partial charge in [-0.3, -0.25) is 4.79 Å². The van der Waals surface area contributed by atoms with Gasteiger partial charge in [-0.25, -0.2) is 9.48 Å². The summed E-state index contributed by atoms with van der Waals surface area (Å²) in [6.45, 7) is 5.35. The molecule has 1 aliphatic heterocycles. The number of nitrogens with one attached hydrogen (secondary N) is 1. The summed E-state index contributed by atoms with van der Waals surface area (Å²) in [5.74, 6) is -1.21. The number of carboxylic acids is 1. The maximum absolute atomic E-state index is 12.4. The van der Waals surface area contributed by atoms with Crippen molar-refractivity contribution in [3.8, 4) is 5.69 Å². The summed E-state index contributed by atoms with van der Waals surface area (Å²) in [6.07, 6.45) is 2.31. The first kappa shape index (κ1) is 19.1. The van der Waals surface area contributed by atoms with Crippen molar-refractivity contribution in [1.29, 1.82) is 0 Å². The molecule has 2 atom stereocenters. The molecule has 0 saturated carbocycles. The molecule has 1 fully saturated rings. The molecule has 8 heteroatoms. The first-order valence-electron chi connectivity index (χ1n) is 8.84. The molecule has 0 bridgehead atoms. The van der Waals surface area contributed by atoms with E-state index in [1.165, 1.54) is 10.9 Å². The molecule has 144 valence electrons. The third-order valence-corrected chi connectivity index (χ3v) is 4.46. The predicted octanol–water partition coefficient (Wildman–Crippen LogP) is 1.80. The van der Waals surface area contributed by atoms with Gasteiger partial charge in [0.05, 0.1) is 36.9 Å². The third kappa shape index (κ3) is 4.53. The van der Waals surface area contributed by atoms with Crippen molar-refractivity contribution in [3.05, 3.63) is 47.3 Å². The van der Waals surface area contributed by atoms with Gasteiger partial charge in [-0.05, 0) is 44.5 Å². The summed E-state index contributed by atoms with van der Waals surface area (Å²) >= 11 is 0. The highest BCUT2D eigenvalue weighted by Gasteiger charge is 2.18. The summed E-state index contributed by atoms with van der Waals surface area (Å²) in [7, 11) is 0. The average Bonchev–Trinajstić information content (AvgIpc) is 3.29. The van der Waals surface area contributed by atoms with Crippen LogP contribution >= 0.6 is 0 Å². The Hall–Kier alpha value is -2.71. The summed E-state index contributed by atoms with van der Waals surface area (Å²) in [6, 6.07) is 6.72. The zero-order chi connectivity index (χ0) is 19.4. The van der Waals surface area contributed by atoms with Gasteiger partial charge < -0.3 is 19.9 Å². The number of aromatic nitrogens is 2. The molecule has 27 heavy (non-hydrogen) atoms. The maximum atomic E-state index is 12.4. The standard InChI is InChI=1S/C19H23N3O5/c1-12(10-27-16-7-8-26-11-16)21-18(23)14-3-5-15(6-4-14)22-13(2)17(9-20-22)19(24)25/h3-6,9,12,16H,7-8,10-11H2,1-2H3,(H,21,23)(H,24,25). The molecule has 3 rings (SSSR count). The van der Waals surface area contributed by atoms with E-state index in [0.717, 1.165) is 13.0 Å². The minimum atomic E-state index is -1.02. The van der Waals surface area contributed by atoms with Gasteiger partial charge in [-0.2, -0.15) is 5.10 Å². The number of ether oxygens (including phenoxy) is 2. The van der Waals surface area contributed by atoms with Crippen molar-refractivity contribution in [1.82, 2.24) is 15.1 Å². The number of aromatic carboxylic acids is 1. The molecule has 2 N–H and O–H groups in total. The molecule has 1 aromatic heterocycles. The Balaban J connectivity index is 1.59. The molecule has 2 aromatic rings. The molecule has 1 aromatic carbocycles. The quantitative estimate of drug-likeness (QED) is 0.767. The van der Waals surface area contributed by atoms with Crippen molar-refractivity contribution in [2.45, 2.75) is 32.4 Å². The van der Waals surface area contributed by atoms with Gasteiger partial charge >= 0.3 is 5.97 Å². The van der Waals surface area contributed by atoms with Crippen LogP contribution in [0.25, 0.3) is 5.69 Å². The van der Waals surface area contributed by atoms with Gasteiger partial charge in [0.2, 0.25) is 0 Å². The lowest BCUT2D eigenvalue weighted by atomic mass is 10.1. The second-order valence-electron chi connectivity index (χ2n) is 6.60. The Morgan fingerprint density at radius 1 is 1.41 bits per heavy atom. The molecular weight excluding hydrogens is 350 g/mol. The molecule has 0 spiro atoms. The fourth-order valence-corrected chi connectivity index (χ4v) is 2.91. The average molecular weight is 373 g/mol. The highest BCUT2D eigenvalue weighted by atomic mass is 16.5. The zero-order valence-corrected chi connectivity index (χ0v) is 15.3. The van der Waals surface area contributed by atoms with Crippen LogP contribution in [-0.4, -0.2) is 58.7 Å². The van der Waals surface area contributed by atoms with Crippen LogP contribution in [0.3, 0.4) is 0 Å². The van der Waals surface area contributed by atoms with Gasteiger partial charge in [0.15, 0.2) is 0 Å². The van der Waals surface area contributed by atoms with Gasteiger partial charge in [0.25, 0.3) is 5.91 Å². The third-order valence-electron chi connectivity index (χ3n) is 4.46. The van der Waals surface area contributed by atoms with Gasteiger partial charge in [-0.15, -0.1) is 0 Å². The van der Waals surface area contributed by atoms with Gasteiger partial charge in [-0.1, -0.05) is 0 Å². The summed E-state index contributed by atoms with van der Waals surface area (Å²) in [5.41, 5.74) is 1.88. The van der Waals surface area contributed by atoms with E-state index in [-0.39, 0.29) is 23.6 Å². The fourth-order valence-electron chi connectivity index (χ4n) is 2.91. The van der Waals surface area contributed by atoms with Crippen molar-refractivity contribution in [2.75, 3.05) is 19.8 Å². The van der Waals surface area contributed by atoms with E-state index in [4.69, 9.17) is 14.6 Å². The fraction of sp³-hybridized carbons (Fsp3) is 0.421. The van der Waals surface area contributed by atoms with Crippen LogP contribution in [0.2, 0.25) is 0 Å². The van der Waals surface area contributed by atoms with Crippen LogP contribution in [0.5, 0.6) is 0 Å². The lowest BCUT2D eigenvalue weighted by Crippen LogP contribution is -2.37. The maximum Gasteiger partial charge on any atom is 0.339 e. The minimum Gasteiger partial charge on any atom is -0.478 e. The zero-order valence-electron chi connectivity index (χ0n) is 15.3. The van der Waals surface area contributed by atoms with E-state index < -0.39 is 5.97 Å². The van der Waals surface area contributed by atoms with Crippen LogP contribution in [-0.2, 0) is 9.47 Å². The Morgan fingerprint density at radius 2 is 2.15 bits per heavy atom. The molecule has 2 heterocycles. The van der Waals surface area contributed by atoms with E-state index in [2.05, 4.69) is 10.4 Å². The monoisotopic (exact) mass is 373 g/mol. The van der Waals surface area contributed by atoms with Crippen molar-refractivity contribution >= 4 is 11.9 Å². The molecule has 1 aliphatic rings. The predicted molar refractivity (Wildman–Crippen MR) is 97.4 cm³/mol. The molecule has 0 aliphatic carbocycles. The van der Waals surface area contributed by atoms with Crippen molar-refractivity contribution < 1.29 is 24.2 Å². The van der Waals surface area contributed by atoms with E-state index >= 15 is 0 Å². The Labute approximate surface area is 157 Å². The first-order valence-corrected chi connectivity index (χ1v) is 8.84. The largest absolute Gasteiger partial charge is 0.478 e. The molecular formula is C19H23N3O5. The lowest BCUT2D eigenvalue weighted by molar-refractivity contribution is 0.0318. The number of hydrogen-bond donors (Lipinski definition) is 2. The van der Waals surface area contributed by atoms with E-state index in [1.807, 2.05) is 6.92 Å². The summed E-state index contributed by atoms with van der Waals surface area (Å²) in [5, 5.41) is 16.1. The van der Waals surface area contributed by atoms with E-state index in [9.17, 15) is 9.59 Å². The van der Waals surface area contributed by atoms with E-state index in [0.29, 0.717) is 30.2 Å². The van der Waals surface area contributed by atoms with Crippen LogP contribution in [0.1, 0.15) is 39.8 Å². The van der Waals surface area contributed by atoms with Crippen molar-refractivity contribution in [3.63, 3.8) is 0 Å². The molecule has 1 saturated heterocycles. The van der Waals surface area contributed by atoms with Crippen LogP contribution in [0.4, 0.5) is 0 Å². The number of amides is 1. The Bertz CT molecular complexity index is 809. The number of carboxylic acid groups (broad SMARTS) is 1. The molecule has 0 radical (unpaired) electrons. The lowest BCUT2D eigenvalue weighted by Gasteiger charge is -2.17. The number of carbonyl (C=O) groups is 2. The second-order valence-corrected chi connectivity index (χ2v) is 6.60. The number of benzene rings is 1. The highest BCUT2D eigenvalue weighted by Crippen LogP contribution is 2.15. The smallest absolute Gasteiger partial charge is 0.339 e. The normalized spacial score (nSPS) is 17.6. The van der Waals surface area contributed by atoms with Gasteiger partial charge in [0.1, 0.15) is 5.56 Å². The summed E-state index contributed by atoms with van der Waals surface area (Å²) in [4.78, 5) is 23.5. The minimum absolute atomic E-state index is 0.108. The molecule has 1 amide bonds. The topological polar surface area (TPSA) is 103 Å². The number of rotatable bonds is 7. The van der Waals surface area contributed by atoms with Crippen LogP contribution < -0.4 is 5.32 Å². The summed E-state index contributed by atoms with van der Waals surface area (Å²) < 4.78 is 12.5. The molecule has 8 nitrogen and oxygen atoms in total. The SMILES string of the molecule is Cc1c(C(=O)O)cnn1-c1ccc(C(=O)NC(C)COC2CCOC2)cc1. The highest BCUT2D eigenvalue weighted by molar-refractivity contribution is 5.94. The van der Waals surface area contributed by atoms with Crippen molar-refractivity contribution in [2.24, 2.45) is 0 Å². The van der Waals surface area contributed by atoms with Gasteiger partial charge in [0, 0.05) is 18.2 Å². The number of hydrogen-bond acceptors (Lipinski definition) is 5. The van der Waals surface area contributed by atoms with Crippen LogP contribution in [0.15, 0.2) is 30.5 Å². The van der Waals surface area contributed by atoms with Crippen LogP contribution in [0, 0.1) is 6.92 Å². The second kappa shape index (κ2) is 8.32. The molecule has 2 unspecified atom stereocenters. The Kier molecular flexibility index (Phi) is 5.88. The first-order chi connectivity index (χ1) is 13.0. The van der Waals surface area contributed by atoms with E-state index in [1.54, 1.807) is 31.2 Å². The number of carbonyl (C=O) groups excluding carboxylic acids is 1. The Morgan fingerprint density at radius 3 is 2.74 bits per heavy atom. The number of nitrogens with zero attached hydrogens (tertiary/aromatic N) is 2.